The van der Waals surface area contributed by atoms with Gasteiger partial charge in [-0.1, -0.05) is 12.1 Å². The van der Waals surface area contributed by atoms with E-state index in [4.69, 9.17) is 18.9 Å². The fraction of sp³-hybridized carbons (Fsp3) is 0.591. The van der Waals surface area contributed by atoms with Crippen LogP contribution in [0.25, 0.3) is 5.57 Å². The number of hydrogen-bond acceptors (Lipinski definition) is 10. The van der Waals surface area contributed by atoms with Gasteiger partial charge in [-0.05, 0) is 30.5 Å². The molecule has 3 aliphatic rings. The van der Waals surface area contributed by atoms with Crippen LogP contribution < -0.4 is 4.74 Å². The Kier molecular flexibility index (Phi) is 6.82. The normalized spacial score (nSPS) is 39.6. The molecule has 0 bridgehead atoms. The van der Waals surface area contributed by atoms with Crippen molar-refractivity contribution in [3.63, 3.8) is 0 Å². The minimum Gasteiger partial charge on any atom is -0.497 e. The molecule has 0 spiro atoms. The molecule has 0 radical (unpaired) electrons. The largest absolute Gasteiger partial charge is 0.497 e. The predicted molar refractivity (Wildman–Crippen MR) is 108 cm³/mol. The quantitative estimate of drug-likeness (QED) is 0.374. The summed E-state index contributed by atoms with van der Waals surface area (Å²) >= 11 is 0. The number of carbonyl (C=O) groups excluding carboxylic acids is 1. The van der Waals surface area contributed by atoms with Crippen LogP contribution in [0.15, 0.2) is 30.5 Å². The van der Waals surface area contributed by atoms with Crippen LogP contribution in [-0.4, -0.2) is 94.1 Å². The summed E-state index contributed by atoms with van der Waals surface area (Å²) in [5.41, 5.74) is 1.07. The number of aliphatic hydroxyl groups is 5. The van der Waals surface area contributed by atoms with E-state index in [2.05, 4.69) is 0 Å². The van der Waals surface area contributed by atoms with E-state index in [1.165, 1.54) is 6.26 Å². The maximum atomic E-state index is 13.2. The van der Waals surface area contributed by atoms with Gasteiger partial charge in [0.05, 0.1) is 37.6 Å². The Labute approximate surface area is 184 Å². The number of aliphatic hydroxyl groups excluding tert-OH is 5. The zero-order valence-corrected chi connectivity index (χ0v) is 17.5. The Morgan fingerprint density at radius 2 is 1.75 bits per heavy atom. The summed E-state index contributed by atoms with van der Waals surface area (Å²) in [5, 5.41) is 50.1. The third-order valence-corrected chi connectivity index (χ3v) is 6.36. The van der Waals surface area contributed by atoms with E-state index in [9.17, 15) is 30.3 Å². The fourth-order valence-corrected chi connectivity index (χ4v) is 4.47. The number of methoxy groups -OCH3 is 1. The molecular formula is C22H28O10. The molecule has 2 fully saturated rings. The number of hydrogen-bond donors (Lipinski definition) is 5. The maximum Gasteiger partial charge on any atom is 0.187 e. The Balaban J connectivity index is 1.53. The molecule has 9 atom stereocenters. The second kappa shape index (κ2) is 9.44. The summed E-state index contributed by atoms with van der Waals surface area (Å²) in [5.74, 6) is -0.0821. The molecule has 5 N–H and O–H groups in total. The Bertz CT molecular complexity index is 838. The van der Waals surface area contributed by atoms with Crippen molar-refractivity contribution in [3.05, 3.63) is 36.1 Å². The molecule has 1 saturated heterocycles. The van der Waals surface area contributed by atoms with Gasteiger partial charge >= 0.3 is 0 Å². The summed E-state index contributed by atoms with van der Waals surface area (Å²) in [6.07, 6.45) is -8.24. The first kappa shape index (κ1) is 23.1. The molecule has 1 aromatic rings. The second-order valence-electron chi connectivity index (χ2n) is 8.27. The van der Waals surface area contributed by atoms with Gasteiger partial charge in [0.1, 0.15) is 42.4 Å². The SMILES string of the molecule is COc1ccc(C2=COC3C(CCC(O)C3OC3OC(CO)C(O)C(O)C3O)C2=O)cc1. The molecule has 0 aromatic heterocycles. The van der Waals surface area contributed by atoms with Crippen LogP contribution in [0.1, 0.15) is 18.4 Å². The van der Waals surface area contributed by atoms with Gasteiger partial charge in [-0.3, -0.25) is 4.79 Å². The lowest BCUT2D eigenvalue weighted by Gasteiger charge is -2.46. The van der Waals surface area contributed by atoms with E-state index in [-0.39, 0.29) is 12.2 Å². The van der Waals surface area contributed by atoms with Gasteiger partial charge < -0.3 is 44.5 Å². The molecular weight excluding hydrogens is 424 g/mol. The van der Waals surface area contributed by atoms with Gasteiger partial charge in [0.15, 0.2) is 12.1 Å². The van der Waals surface area contributed by atoms with Crippen molar-refractivity contribution in [3.8, 4) is 5.75 Å². The number of carbonyl (C=O) groups is 1. The lowest BCUT2D eigenvalue weighted by atomic mass is 9.76. The highest BCUT2D eigenvalue weighted by Crippen LogP contribution is 2.39. The molecule has 0 amide bonds. The van der Waals surface area contributed by atoms with Gasteiger partial charge in [-0.2, -0.15) is 0 Å². The Morgan fingerprint density at radius 3 is 2.41 bits per heavy atom. The highest BCUT2D eigenvalue weighted by atomic mass is 16.7. The van der Waals surface area contributed by atoms with Gasteiger partial charge in [-0.15, -0.1) is 0 Å². The summed E-state index contributed by atoms with van der Waals surface area (Å²) in [6, 6.07) is 6.99. The van der Waals surface area contributed by atoms with Crippen LogP contribution in [0.2, 0.25) is 0 Å². The lowest BCUT2D eigenvalue weighted by molar-refractivity contribution is -0.327. The molecule has 4 rings (SSSR count). The lowest BCUT2D eigenvalue weighted by Crippen LogP contribution is -2.62. The predicted octanol–water partition coefficient (Wildman–Crippen LogP) is -1.04. The number of fused-ring (bicyclic) bond motifs is 1. The maximum absolute atomic E-state index is 13.2. The molecule has 10 heteroatoms. The van der Waals surface area contributed by atoms with Crippen LogP contribution in [0.4, 0.5) is 0 Å². The molecule has 2 heterocycles. The molecule has 32 heavy (non-hydrogen) atoms. The second-order valence-corrected chi connectivity index (χ2v) is 8.27. The zero-order chi connectivity index (χ0) is 23.0. The van der Waals surface area contributed by atoms with Crippen molar-refractivity contribution in [2.45, 2.75) is 61.9 Å². The van der Waals surface area contributed by atoms with E-state index in [1.807, 2.05) is 0 Å². The summed E-state index contributed by atoms with van der Waals surface area (Å²) in [4.78, 5) is 13.2. The summed E-state index contributed by atoms with van der Waals surface area (Å²) in [7, 11) is 1.55. The number of benzene rings is 1. The van der Waals surface area contributed by atoms with Crippen molar-refractivity contribution in [2.24, 2.45) is 5.92 Å². The fourth-order valence-electron chi connectivity index (χ4n) is 4.47. The Hall–Kier alpha value is -2.05. The van der Waals surface area contributed by atoms with Crippen LogP contribution in [0, 0.1) is 5.92 Å². The molecule has 9 unspecified atom stereocenters. The van der Waals surface area contributed by atoms with Crippen molar-refractivity contribution in [1.82, 2.24) is 0 Å². The third-order valence-electron chi connectivity index (χ3n) is 6.36. The number of ether oxygens (including phenoxy) is 4. The van der Waals surface area contributed by atoms with Crippen molar-refractivity contribution in [1.29, 1.82) is 0 Å². The molecule has 1 aromatic carbocycles. The summed E-state index contributed by atoms with van der Waals surface area (Å²) in [6.45, 7) is -0.604. The number of ketones is 1. The minimum atomic E-state index is -1.62. The van der Waals surface area contributed by atoms with Crippen molar-refractivity contribution in [2.75, 3.05) is 13.7 Å². The third kappa shape index (κ3) is 4.15. The monoisotopic (exact) mass is 452 g/mol. The molecule has 1 aliphatic carbocycles. The van der Waals surface area contributed by atoms with Gasteiger partial charge in [0.25, 0.3) is 0 Å². The van der Waals surface area contributed by atoms with E-state index in [0.717, 1.165) is 0 Å². The van der Waals surface area contributed by atoms with E-state index < -0.39 is 61.5 Å². The number of rotatable bonds is 5. The van der Waals surface area contributed by atoms with Crippen molar-refractivity contribution < 1.29 is 49.3 Å². The smallest absolute Gasteiger partial charge is 0.187 e. The molecule has 2 aliphatic heterocycles. The minimum absolute atomic E-state index is 0.152. The first-order valence-corrected chi connectivity index (χ1v) is 10.5. The average Bonchev–Trinajstić information content (AvgIpc) is 2.81. The van der Waals surface area contributed by atoms with Gasteiger partial charge in [0.2, 0.25) is 0 Å². The van der Waals surface area contributed by atoms with Crippen LogP contribution in [0.3, 0.4) is 0 Å². The van der Waals surface area contributed by atoms with Gasteiger partial charge in [-0.25, -0.2) is 0 Å². The summed E-state index contributed by atoms with van der Waals surface area (Å²) < 4.78 is 22.1. The average molecular weight is 452 g/mol. The van der Waals surface area contributed by atoms with E-state index >= 15 is 0 Å². The highest BCUT2D eigenvalue weighted by molar-refractivity contribution is 6.22. The zero-order valence-electron chi connectivity index (χ0n) is 17.5. The first-order chi connectivity index (χ1) is 15.3. The van der Waals surface area contributed by atoms with Crippen LogP contribution in [-0.2, 0) is 19.0 Å². The van der Waals surface area contributed by atoms with Crippen molar-refractivity contribution >= 4 is 11.4 Å². The van der Waals surface area contributed by atoms with E-state index in [1.54, 1.807) is 31.4 Å². The first-order valence-electron chi connectivity index (χ1n) is 10.5. The molecule has 10 nitrogen and oxygen atoms in total. The topological polar surface area (TPSA) is 155 Å². The van der Waals surface area contributed by atoms with E-state index in [0.29, 0.717) is 23.3 Å². The Morgan fingerprint density at radius 1 is 1.03 bits per heavy atom. The molecule has 176 valence electrons. The van der Waals surface area contributed by atoms with Crippen LogP contribution >= 0.6 is 0 Å². The molecule has 1 saturated carbocycles. The number of Topliss-reactive ketones (excluding diaryl/α,β-unsaturated/α-hetero) is 1. The van der Waals surface area contributed by atoms with Gasteiger partial charge in [0, 0.05) is 0 Å². The highest BCUT2D eigenvalue weighted by Gasteiger charge is 2.51. The number of allylic oxidation sites excluding steroid dienone is 1. The van der Waals surface area contributed by atoms with Crippen LogP contribution in [0.5, 0.6) is 5.75 Å². The standard InChI is InChI=1S/C22H28O10/c1-29-11-4-2-10(3-5-11)13-9-30-20-12(16(13)25)6-7-14(24)21(20)32-22-19(28)18(27)17(26)15(8-23)31-22/h2-5,9,12,14-15,17-24,26-28H,6-8H2,1H3.